The number of para-hydroxylation sites is 1. The van der Waals surface area contributed by atoms with Crippen molar-refractivity contribution in [1.29, 1.82) is 0 Å². The summed E-state index contributed by atoms with van der Waals surface area (Å²) in [4.78, 5) is 13.9. The van der Waals surface area contributed by atoms with Gasteiger partial charge in [0.05, 0.1) is 6.54 Å². The van der Waals surface area contributed by atoms with Crippen LogP contribution in [-0.2, 0) is 4.79 Å². The number of nitrogens with zero attached hydrogens (tertiary/aromatic N) is 1. The van der Waals surface area contributed by atoms with Crippen molar-refractivity contribution >= 4 is 34.6 Å². The van der Waals surface area contributed by atoms with Crippen LogP contribution in [0.2, 0.25) is 0 Å². The highest BCUT2D eigenvalue weighted by atomic mass is 32.1. The van der Waals surface area contributed by atoms with E-state index in [1.54, 1.807) is 11.9 Å². The molecule has 5 nitrogen and oxygen atoms in total. The van der Waals surface area contributed by atoms with Gasteiger partial charge in [0, 0.05) is 18.4 Å². The number of hydrogen-bond donors (Lipinski definition) is 2. The van der Waals surface area contributed by atoms with Crippen molar-refractivity contribution in [2.45, 2.75) is 6.92 Å². The van der Waals surface area contributed by atoms with E-state index in [0.717, 1.165) is 28.4 Å². The van der Waals surface area contributed by atoms with Crippen LogP contribution in [0.5, 0.6) is 11.5 Å². The number of anilines is 2. The average Bonchev–Trinajstić information content (AvgIpc) is 2.72. The van der Waals surface area contributed by atoms with Crippen molar-refractivity contribution in [3.05, 3.63) is 84.4 Å². The van der Waals surface area contributed by atoms with E-state index in [1.807, 2.05) is 85.8 Å². The molecule has 0 unspecified atom stereocenters. The summed E-state index contributed by atoms with van der Waals surface area (Å²) in [5, 5.41) is 6.46. The molecule has 1 amide bonds. The topological polar surface area (TPSA) is 53.6 Å². The van der Waals surface area contributed by atoms with Gasteiger partial charge in [-0.3, -0.25) is 4.79 Å². The van der Waals surface area contributed by atoms with E-state index in [-0.39, 0.29) is 12.5 Å². The molecule has 6 heteroatoms. The van der Waals surface area contributed by atoms with E-state index in [4.69, 9.17) is 17.0 Å². The molecule has 0 radical (unpaired) electrons. The minimum Gasteiger partial charge on any atom is -0.457 e. The summed E-state index contributed by atoms with van der Waals surface area (Å²) < 4.78 is 5.78. The maximum Gasteiger partial charge on any atom is 0.243 e. The van der Waals surface area contributed by atoms with Gasteiger partial charge in [0.2, 0.25) is 5.91 Å². The van der Waals surface area contributed by atoms with Gasteiger partial charge >= 0.3 is 0 Å². The molecule has 0 aliphatic rings. The quantitative estimate of drug-likeness (QED) is 0.562. The van der Waals surface area contributed by atoms with Gasteiger partial charge in [-0.2, -0.15) is 0 Å². The highest BCUT2D eigenvalue weighted by Gasteiger charge is 2.10. The van der Waals surface area contributed by atoms with Crippen LogP contribution >= 0.6 is 12.2 Å². The lowest BCUT2D eigenvalue weighted by Gasteiger charge is -2.20. The van der Waals surface area contributed by atoms with Crippen molar-refractivity contribution in [2.75, 3.05) is 24.2 Å². The van der Waals surface area contributed by atoms with Crippen LogP contribution in [0.3, 0.4) is 0 Å². The van der Waals surface area contributed by atoms with E-state index in [1.165, 1.54) is 0 Å². The number of thiocarbonyl (C=S) groups is 1. The number of benzene rings is 3. The van der Waals surface area contributed by atoms with Crippen molar-refractivity contribution in [3.63, 3.8) is 0 Å². The predicted octanol–water partition coefficient (Wildman–Crippen LogP) is 5.05. The molecule has 0 aliphatic carbocycles. The monoisotopic (exact) mass is 405 g/mol. The zero-order chi connectivity index (χ0) is 20.6. The fourth-order valence-electron chi connectivity index (χ4n) is 2.57. The third-order valence-electron chi connectivity index (χ3n) is 4.15. The molecule has 3 rings (SSSR count). The van der Waals surface area contributed by atoms with Crippen molar-refractivity contribution in [1.82, 2.24) is 4.90 Å². The lowest BCUT2D eigenvalue weighted by atomic mass is 10.2. The second kappa shape index (κ2) is 9.71. The first-order valence-electron chi connectivity index (χ1n) is 9.21. The summed E-state index contributed by atoms with van der Waals surface area (Å²) in [6.45, 7) is 2.15. The molecule has 29 heavy (non-hydrogen) atoms. The van der Waals surface area contributed by atoms with E-state index < -0.39 is 0 Å². The molecule has 0 aromatic heterocycles. The highest BCUT2D eigenvalue weighted by Crippen LogP contribution is 2.22. The van der Waals surface area contributed by atoms with Crippen LogP contribution in [-0.4, -0.2) is 29.5 Å². The fourth-order valence-corrected chi connectivity index (χ4v) is 2.76. The van der Waals surface area contributed by atoms with Gasteiger partial charge in [0.1, 0.15) is 11.5 Å². The molecule has 0 saturated carbocycles. The second-order valence-corrected chi connectivity index (χ2v) is 7.03. The molecule has 0 aliphatic heterocycles. The Hall–Kier alpha value is -3.38. The lowest BCUT2D eigenvalue weighted by Crippen LogP contribution is -2.37. The van der Waals surface area contributed by atoms with Gasteiger partial charge in [0.15, 0.2) is 5.11 Å². The van der Waals surface area contributed by atoms with Gasteiger partial charge in [-0.1, -0.05) is 35.9 Å². The lowest BCUT2D eigenvalue weighted by molar-refractivity contribution is -0.116. The summed E-state index contributed by atoms with van der Waals surface area (Å²) in [6, 6.07) is 24.7. The molecule has 0 saturated heterocycles. The SMILES string of the molecule is Cc1ccc(NC(=O)CN(C)C(=S)Nc2ccc(Oc3ccccc3)cc2)cc1. The Morgan fingerprint density at radius 1 is 0.862 bits per heavy atom. The molecular formula is C23H23N3O2S. The molecule has 0 heterocycles. The van der Waals surface area contributed by atoms with Gasteiger partial charge in [-0.25, -0.2) is 0 Å². The summed E-state index contributed by atoms with van der Waals surface area (Å²) in [5.41, 5.74) is 2.73. The number of rotatable bonds is 6. The third-order valence-corrected chi connectivity index (χ3v) is 4.56. The third kappa shape index (κ3) is 6.33. The number of ether oxygens (including phenoxy) is 1. The van der Waals surface area contributed by atoms with Gasteiger partial charge in [-0.15, -0.1) is 0 Å². The van der Waals surface area contributed by atoms with E-state index >= 15 is 0 Å². The zero-order valence-electron chi connectivity index (χ0n) is 16.4. The van der Waals surface area contributed by atoms with E-state index in [0.29, 0.717) is 5.11 Å². The maximum atomic E-state index is 12.2. The fraction of sp³-hybridized carbons (Fsp3) is 0.130. The first-order chi connectivity index (χ1) is 14.0. The Bertz CT molecular complexity index is 958. The molecule has 148 valence electrons. The molecular weight excluding hydrogens is 382 g/mol. The minimum absolute atomic E-state index is 0.132. The van der Waals surface area contributed by atoms with Gasteiger partial charge < -0.3 is 20.3 Å². The average molecular weight is 406 g/mol. The largest absolute Gasteiger partial charge is 0.457 e. The molecule has 2 N–H and O–H groups in total. The molecule has 0 bridgehead atoms. The van der Waals surface area contributed by atoms with Crippen molar-refractivity contribution < 1.29 is 9.53 Å². The number of carbonyl (C=O) groups excluding carboxylic acids is 1. The van der Waals surface area contributed by atoms with Crippen LogP contribution in [0.25, 0.3) is 0 Å². The normalized spacial score (nSPS) is 10.1. The second-order valence-electron chi connectivity index (χ2n) is 6.64. The van der Waals surface area contributed by atoms with Gasteiger partial charge in [-0.05, 0) is 67.7 Å². The Balaban J connectivity index is 1.49. The number of carbonyl (C=O) groups is 1. The highest BCUT2D eigenvalue weighted by molar-refractivity contribution is 7.80. The zero-order valence-corrected chi connectivity index (χ0v) is 17.2. The Kier molecular flexibility index (Phi) is 6.81. The molecule has 3 aromatic rings. The van der Waals surface area contributed by atoms with Crippen molar-refractivity contribution in [3.8, 4) is 11.5 Å². The Labute approximate surface area is 176 Å². The molecule has 0 spiro atoms. The first-order valence-corrected chi connectivity index (χ1v) is 9.62. The van der Waals surface area contributed by atoms with Crippen LogP contribution in [0, 0.1) is 6.92 Å². The summed E-state index contributed by atoms with van der Waals surface area (Å²) in [7, 11) is 1.77. The predicted molar refractivity (Wildman–Crippen MR) is 122 cm³/mol. The van der Waals surface area contributed by atoms with Crippen LogP contribution < -0.4 is 15.4 Å². The van der Waals surface area contributed by atoms with Gasteiger partial charge in [0.25, 0.3) is 0 Å². The maximum absolute atomic E-state index is 12.2. The summed E-state index contributed by atoms with van der Waals surface area (Å²) in [6.07, 6.45) is 0. The Morgan fingerprint density at radius 2 is 1.41 bits per heavy atom. The van der Waals surface area contributed by atoms with Crippen LogP contribution in [0.15, 0.2) is 78.9 Å². The molecule has 0 atom stereocenters. The molecule has 3 aromatic carbocycles. The Morgan fingerprint density at radius 3 is 2.07 bits per heavy atom. The minimum atomic E-state index is -0.132. The standard InChI is InChI=1S/C23H23N3O2S/c1-17-8-10-18(11-9-17)24-22(27)16-26(2)23(29)25-19-12-14-21(15-13-19)28-20-6-4-3-5-7-20/h3-15H,16H2,1-2H3,(H,24,27)(H,25,29). The summed E-state index contributed by atoms with van der Waals surface area (Å²) >= 11 is 5.40. The van der Waals surface area contributed by atoms with Crippen LogP contribution in [0.1, 0.15) is 5.56 Å². The van der Waals surface area contributed by atoms with E-state index in [2.05, 4.69) is 10.6 Å². The number of likely N-dealkylation sites (N-methyl/N-ethyl adjacent to an activating group) is 1. The molecule has 0 fully saturated rings. The number of amides is 1. The van der Waals surface area contributed by atoms with Crippen LogP contribution in [0.4, 0.5) is 11.4 Å². The number of hydrogen-bond acceptors (Lipinski definition) is 3. The summed E-state index contributed by atoms with van der Waals surface area (Å²) in [5.74, 6) is 1.38. The van der Waals surface area contributed by atoms with Crippen molar-refractivity contribution in [2.24, 2.45) is 0 Å². The van der Waals surface area contributed by atoms with E-state index in [9.17, 15) is 4.79 Å². The smallest absolute Gasteiger partial charge is 0.243 e. The first kappa shape index (κ1) is 20.4. The number of nitrogens with one attached hydrogen (secondary N) is 2. The number of aryl methyl sites for hydroxylation is 1.